The molecule has 0 aliphatic heterocycles. The van der Waals surface area contributed by atoms with Gasteiger partial charge in [0.15, 0.2) is 0 Å². The third-order valence-electron chi connectivity index (χ3n) is 2.92. The van der Waals surface area contributed by atoms with Gasteiger partial charge in [-0.05, 0) is 38.9 Å². The molecule has 1 heterocycles. The molecule has 0 fully saturated rings. The van der Waals surface area contributed by atoms with Crippen LogP contribution in [0.3, 0.4) is 0 Å². The molecule has 1 aromatic heterocycles. The Labute approximate surface area is 132 Å². The van der Waals surface area contributed by atoms with Crippen LogP contribution in [0.5, 0.6) is 0 Å². The highest BCUT2D eigenvalue weighted by molar-refractivity contribution is 7.89. The summed E-state index contributed by atoms with van der Waals surface area (Å²) in [5, 5.41) is 5.19. The van der Waals surface area contributed by atoms with Crippen LogP contribution in [-0.4, -0.2) is 46.0 Å². The second-order valence-electron chi connectivity index (χ2n) is 5.99. The van der Waals surface area contributed by atoms with Crippen LogP contribution in [0.4, 0.5) is 0 Å². The monoisotopic (exact) mass is 333 g/mol. The zero-order valence-electron chi connectivity index (χ0n) is 13.7. The van der Waals surface area contributed by atoms with Crippen molar-refractivity contribution in [1.82, 2.24) is 14.9 Å². The standard InChI is InChI=1S/C14H27N3O2S2/c1-10(2)15-7-13-14(11(3)9-20-13)21(18,19)16-12(4)8-17(5)6/h9-10,12,15-16H,7-8H2,1-6H3. The first-order valence-corrected chi connectivity index (χ1v) is 9.47. The van der Waals surface area contributed by atoms with E-state index >= 15 is 0 Å². The lowest BCUT2D eigenvalue weighted by atomic mass is 10.3. The van der Waals surface area contributed by atoms with Gasteiger partial charge >= 0.3 is 0 Å². The number of rotatable bonds is 8. The molecule has 21 heavy (non-hydrogen) atoms. The number of likely N-dealkylation sites (N-methyl/N-ethyl adjacent to an activating group) is 1. The Balaban J connectivity index is 2.94. The largest absolute Gasteiger partial charge is 0.310 e. The third-order valence-corrected chi connectivity index (χ3v) is 5.98. The van der Waals surface area contributed by atoms with Crippen LogP contribution >= 0.6 is 11.3 Å². The minimum atomic E-state index is -3.48. The van der Waals surface area contributed by atoms with Crippen LogP contribution < -0.4 is 10.0 Å². The van der Waals surface area contributed by atoms with Crippen molar-refractivity contribution < 1.29 is 8.42 Å². The molecule has 7 heteroatoms. The van der Waals surface area contributed by atoms with E-state index in [0.29, 0.717) is 24.0 Å². The van der Waals surface area contributed by atoms with Crippen LogP contribution in [0.1, 0.15) is 31.2 Å². The van der Waals surface area contributed by atoms with E-state index in [1.54, 1.807) is 0 Å². The molecule has 1 unspecified atom stereocenters. The van der Waals surface area contributed by atoms with Gasteiger partial charge in [0.25, 0.3) is 0 Å². The van der Waals surface area contributed by atoms with Gasteiger partial charge in [-0.25, -0.2) is 13.1 Å². The van der Waals surface area contributed by atoms with Crippen molar-refractivity contribution >= 4 is 21.4 Å². The average molecular weight is 334 g/mol. The quantitative estimate of drug-likeness (QED) is 0.761. The second-order valence-corrected chi connectivity index (χ2v) is 8.61. The molecule has 122 valence electrons. The average Bonchev–Trinajstić information content (AvgIpc) is 2.66. The molecule has 0 aliphatic carbocycles. The highest BCUT2D eigenvalue weighted by Gasteiger charge is 2.24. The van der Waals surface area contributed by atoms with Gasteiger partial charge in [-0.1, -0.05) is 13.8 Å². The fourth-order valence-corrected chi connectivity index (χ4v) is 5.17. The van der Waals surface area contributed by atoms with E-state index in [9.17, 15) is 8.42 Å². The molecule has 0 saturated carbocycles. The van der Waals surface area contributed by atoms with E-state index in [2.05, 4.69) is 10.0 Å². The maximum atomic E-state index is 12.6. The lowest BCUT2D eigenvalue weighted by Crippen LogP contribution is -2.40. The number of thiophene rings is 1. The molecule has 1 rings (SSSR count). The highest BCUT2D eigenvalue weighted by Crippen LogP contribution is 2.27. The van der Waals surface area contributed by atoms with E-state index in [1.165, 1.54) is 11.3 Å². The van der Waals surface area contributed by atoms with Crippen LogP contribution in [0.15, 0.2) is 10.3 Å². The summed E-state index contributed by atoms with van der Waals surface area (Å²) in [5.74, 6) is 0. The van der Waals surface area contributed by atoms with Crippen molar-refractivity contribution in [3.63, 3.8) is 0 Å². The minimum Gasteiger partial charge on any atom is -0.310 e. The lowest BCUT2D eigenvalue weighted by Gasteiger charge is -2.19. The zero-order valence-corrected chi connectivity index (χ0v) is 15.4. The lowest BCUT2D eigenvalue weighted by molar-refractivity contribution is 0.370. The van der Waals surface area contributed by atoms with Gasteiger partial charge in [0.05, 0.1) is 0 Å². The fraction of sp³-hybridized carbons (Fsp3) is 0.714. The summed E-state index contributed by atoms with van der Waals surface area (Å²) in [7, 11) is 0.381. The van der Waals surface area contributed by atoms with Crippen LogP contribution in [0.25, 0.3) is 0 Å². The first-order valence-electron chi connectivity index (χ1n) is 7.11. The first-order chi connectivity index (χ1) is 9.63. The Morgan fingerprint density at radius 1 is 1.29 bits per heavy atom. The molecule has 0 radical (unpaired) electrons. The molecule has 1 aromatic rings. The van der Waals surface area contributed by atoms with E-state index in [4.69, 9.17) is 0 Å². The third kappa shape index (κ3) is 5.67. The van der Waals surface area contributed by atoms with E-state index in [1.807, 2.05) is 52.1 Å². The van der Waals surface area contributed by atoms with Crippen molar-refractivity contribution in [2.45, 2.75) is 51.2 Å². The number of nitrogens with one attached hydrogen (secondary N) is 2. The molecule has 1 atom stereocenters. The van der Waals surface area contributed by atoms with Crippen molar-refractivity contribution in [1.29, 1.82) is 0 Å². The molecule has 0 amide bonds. The molecule has 5 nitrogen and oxygen atoms in total. The van der Waals surface area contributed by atoms with Crippen LogP contribution in [0, 0.1) is 6.92 Å². The molecule has 0 aliphatic rings. The topological polar surface area (TPSA) is 61.4 Å². The molecular weight excluding hydrogens is 306 g/mol. The van der Waals surface area contributed by atoms with Crippen LogP contribution in [-0.2, 0) is 16.6 Å². The Morgan fingerprint density at radius 2 is 1.90 bits per heavy atom. The zero-order chi connectivity index (χ0) is 16.2. The first kappa shape index (κ1) is 18.6. The molecule has 2 N–H and O–H groups in total. The van der Waals surface area contributed by atoms with Gasteiger partial charge in [-0.3, -0.25) is 0 Å². The molecule has 0 bridgehead atoms. The summed E-state index contributed by atoms with van der Waals surface area (Å²) in [6, 6.07) is 0.193. The summed E-state index contributed by atoms with van der Waals surface area (Å²) in [6.07, 6.45) is 0. The maximum absolute atomic E-state index is 12.6. The van der Waals surface area contributed by atoms with Crippen molar-refractivity contribution in [2.24, 2.45) is 0 Å². The van der Waals surface area contributed by atoms with Gasteiger partial charge < -0.3 is 10.2 Å². The Hall–Kier alpha value is -0.470. The molecule has 0 saturated heterocycles. The number of hydrogen-bond acceptors (Lipinski definition) is 5. The summed E-state index contributed by atoms with van der Waals surface area (Å²) >= 11 is 1.49. The summed E-state index contributed by atoms with van der Waals surface area (Å²) in [5.41, 5.74) is 0.810. The summed E-state index contributed by atoms with van der Waals surface area (Å²) in [6.45, 7) is 9.07. The molecular formula is C14H27N3O2S2. The number of sulfonamides is 1. The predicted octanol–water partition coefficient (Wildman–Crippen LogP) is 1.78. The van der Waals surface area contributed by atoms with Crippen molar-refractivity contribution in [3.8, 4) is 0 Å². The Bertz CT molecular complexity index is 551. The maximum Gasteiger partial charge on any atom is 0.242 e. The van der Waals surface area contributed by atoms with Gasteiger partial charge in [0.2, 0.25) is 10.0 Å². The predicted molar refractivity (Wildman–Crippen MR) is 89.4 cm³/mol. The molecule has 0 aromatic carbocycles. The van der Waals surface area contributed by atoms with E-state index < -0.39 is 10.0 Å². The van der Waals surface area contributed by atoms with Gasteiger partial charge in [-0.2, -0.15) is 0 Å². The van der Waals surface area contributed by atoms with Crippen molar-refractivity contribution in [2.75, 3.05) is 20.6 Å². The van der Waals surface area contributed by atoms with Crippen LogP contribution in [0.2, 0.25) is 0 Å². The van der Waals surface area contributed by atoms with Gasteiger partial charge in [-0.15, -0.1) is 11.3 Å². The SMILES string of the molecule is Cc1csc(CNC(C)C)c1S(=O)(=O)NC(C)CN(C)C. The minimum absolute atomic E-state index is 0.129. The van der Waals surface area contributed by atoms with E-state index in [0.717, 1.165) is 10.4 Å². The van der Waals surface area contributed by atoms with Gasteiger partial charge in [0, 0.05) is 30.1 Å². The highest BCUT2D eigenvalue weighted by atomic mass is 32.2. The summed E-state index contributed by atoms with van der Waals surface area (Å²) < 4.78 is 28.0. The van der Waals surface area contributed by atoms with E-state index in [-0.39, 0.29) is 6.04 Å². The number of hydrogen-bond donors (Lipinski definition) is 2. The normalized spacial score (nSPS) is 14.1. The number of aryl methyl sites for hydroxylation is 1. The van der Waals surface area contributed by atoms with Gasteiger partial charge in [0.1, 0.15) is 4.90 Å². The Kier molecular flexibility index (Phi) is 6.80. The van der Waals surface area contributed by atoms with Crippen molar-refractivity contribution in [3.05, 3.63) is 15.8 Å². The fourth-order valence-electron chi connectivity index (χ4n) is 2.18. The smallest absolute Gasteiger partial charge is 0.242 e. The molecule has 0 spiro atoms. The second kappa shape index (κ2) is 7.69. The summed E-state index contributed by atoms with van der Waals surface area (Å²) in [4.78, 5) is 3.27. The Morgan fingerprint density at radius 3 is 2.43 bits per heavy atom. The number of nitrogens with zero attached hydrogens (tertiary/aromatic N) is 1.